The highest BCUT2D eigenvalue weighted by Gasteiger charge is 2.29. The number of rotatable bonds is 4. The Bertz CT molecular complexity index is 662. The number of hydroxylamine groups is 2. The summed E-state index contributed by atoms with van der Waals surface area (Å²) in [7, 11) is 5.27. The van der Waals surface area contributed by atoms with Crippen LogP contribution >= 0.6 is 0 Å². The van der Waals surface area contributed by atoms with Crippen LogP contribution < -0.4 is 9.47 Å². The van der Waals surface area contributed by atoms with E-state index >= 15 is 0 Å². The summed E-state index contributed by atoms with van der Waals surface area (Å²) in [5, 5.41) is 1.85. The highest BCUT2D eigenvalue weighted by atomic mass is 16.7. The minimum absolute atomic E-state index is 0.0549. The Morgan fingerprint density at radius 2 is 1.41 bits per heavy atom. The molecule has 0 spiro atoms. The summed E-state index contributed by atoms with van der Waals surface area (Å²) in [4.78, 5) is 5.61. The fraction of sp³-hybridized carbons (Fsp3) is 0.222. The molecule has 0 bridgehead atoms. The number of hydrogen-bond donors (Lipinski definition) is 0. The third-order valence-electron chi connectivity index (χ3n) is 3.86. The van der Waals surface area contributed by atoms with Crippen molar-refractivity contribution in [1.29, 1.82) is 0 Å². The molecule has 4 nitrogen and oxygen atoms in total. The van der Waals surface area contributed by atoms with Crippen LogP contribution in [0, 0.1) is 0 Å². The van der Waals surface area contributed by atoms with Gasteiger partial charge in [0.1, 0.15) is 17.8 Å². The van der Waals surface area contributed by atoms with E-state index in [0.29, 0.717) is 0 Å². The highest BCUT2D eigenvalue weighted by molar-refractivity contribution is 5.72. The van der Waals surface area contributed by atoms with Crippen molar-refractivity contribution in [3.63, 3.8) is 0 Å². The van der Waals surface area contributed by atoms with Gasteiger partial charge in [-0.05, 0) is 35.4 Å². The van der Waals surface area contributed by atoms with Crippen molar-refractivity contribution < 1.29 is 14.3 Å². The van der Waals surface area contributed by atoms with Crippen LogP contribution in [0.5, 0.6) is 11.5 Å². The Morgan fingerprint density at radius 1 is 0.864 bits per heavy atom. The summed E-state index contributed by atoms with van der Waals surface area (Å²) in [6.07, 6.45) is 1.80. The van der Waals surface area contributed by atoms with Crippen LogP contribution in [0.2, 0.25) is 0 Å². The predicted octanol–water partition coefficient (Wildman–Crippen LogP) is 3.66. The third-order valence-corrected chi connectivity index (χ3v) is 3.86. The molecule has 0 aliphatic carbocycles. The number of methoxy groups -OCH3 is 2. The van der Waals surface area contributed by atoms with E-state index in [2.05, 4.69) is 12.1 Å². The molecule has 0 fully saturated rings. The van der Waals surface area contributed by atoms with Crippen molar-refractivity contribution in [3.8, 4) is 11.5 Å². The first kappa shape index (κ1) is 14.5. The van der Waals surface area contributed by atoms with E-state index in [9.17, 15) is 0 Å². The SMILES string of the molecule is COc1ccc(C2=CON(C)C2c2ccc(OC)cc2)cc1. The second-order valence-corrected chi connectivity index (χ2v) is 5.13. The van der Waals surface area contributed by atoms with Crippen LogP contribution in [0.3, 0.4) is 0 Å². The Labute approximate surface area is 130 Å². The van der Waals surface area contributed by atoms with E-state index in [1.165, 1.54) is 0 Å². The molecular formula is C18H19NO3. The Balaban J connectivity index is 1.92. The first-order valence-electron chi connectivity index (χ1n) is 7.11. The van der Waals surface area contributed by atoms with Crippen molar-refractivity contribution in [2.24, 2.45) is 0 Å². The normalized spacial score (nSPS) is 17.8. The molecule has 114 valence electrons. The van der Waals surface area contributed by atoms with Gasteiger partial charge in [0.25, 0.3) is 0 Å². The lowest BCUT2D eigenvalue weighted by atomic mass is 9.94. The van der Waals surface area contributed by atoms with Gasteiger partial charge in [0.05, 0.1) is 20.3 Å². The van der Waals surface area contributed by atoms with Crippen molar-refractivity contribution >= 4 is 5.57 Å². The molecule has 0 saturated heterocycles. The predicted molar refractivity (Wildman–Crippen MR) is 85.6 cm³/mol. The van der Waals surface area contributed by atoms with Gasteiger partial charge < -0.3 is 14.3 Å². The molecule has 1 heterocycles. The molecule has 0 amide bonds. The van der Waals surface area contributed by atoms with Crippen molar-refractivity contribution in [1.82, 2.24) is 5.06 Å². The molecule has 4 heteroatoms. The van der Waals surface area contributed by atoms with Crippen LogP contribution in [0.25, 0.3) is 5.57 Å². The summed E-state index contributed by atoms with van der Waals surface area (Å²) in [5.41, 5.74) is 3.39. The van der Waals surface area contributed by atoms with Crippen LogP contribution in [-0.2, 0) is 4.84 Å². The summed E-state index contributed by atoms with van der Waals surface area (Å²) >= 11 is 0. The zero-order valence-corrected chi connectivity index (χ0v) is 12.9. The average Bonchev–Trinajstić information content (AvgIpc) is 2.96. The van der Waals surface area contributed by atoms with Gasteiger partial charge in [0.2, 0.25) is 0 Å². The molecule has 1 unspecified atom stereocenters. The number of nitrogens with zero attached hydrogens (tertiary/aromatic N) is 1. The number of benzene rings is 2. The van der Waals surface area contributed by atoms with Gasteiger partial charge in [0, 0.05) is 12.6 Å². The molecule has 1 atom stereocenters. The van der Waals surface area contributed by atoms with Gasteiger partial charge in [-0.15, -0.1) is 5.06 Å². The third kappa shape index (κ3) is 2.65. The fourth-order valence-corrected chi connectivity index (χ4v) is 2.65. The largest absolute Gasteiger partial charge is 0.497 e. The Kier molecular flexibility index (Phi) is 4.02. The molecule has 0 radical (unpaired) electrons. The van der Waals surface area contributed by atoms with Crippen LogP contribution in [-0.4, -0.2) is 26.3 Å². The molecule has 0 saturated carbocycles. The van der Waals surface area contributed by atoms with E-state index in [-0.39, 0.29) is 6.04 Å². The van der Waals surface area contributed by atoms with Gasteiger partial charge >= 0.3 is 0 Å². The van der Waals surface area contributed by atoms with Crippen LogP contribution in [0.15, 0.2) is 54.8 Å². The zero-order valence-electron chi connectivity index (χ0n) is 12.9. The van der Waals surface area contributed by atoms with E-state index < -0.39 is 0 Å². The topological polar surface area (TPSA) is 30.9 Å². The lowest BCUT2D eigenvalue weighted by Crippen LogP contribution is -2.18. The second kappa shape index (κ2) is 6.12. The fourth-order valence-electron chi connectivity index (χ4n) is 2.65. The van der Waals surface area contributed by atoms with Gasteiger partial charge in [-0.2, -0.15) is 0 Å². The lowest BCUT2D eigenvalue weighted by Gasteiger charge is -2.21. The quantitative estimate of drug-likeness (QED) is 0.861. The highest BCUT2D eigenvalue weighted by Crippen LogP contribution is 2.39. The lowest BCUT2D eigenvalue weighted by molar-refractivity contribution is -0.0791. The minimum atomic E-state index is 0.0549. The maximum Gasteiger partial charge on any atom is 0.118 e. The standard InChI is InChI=1S/C18H19NO3/c1-19-18(14-6-10-16(21-3)11-7-14)17(12-22-19)13-4-8-15(20-2)9-5-13/h4-12,18H,1-3H3. The molecule has 0 aromatic heterocycles. The Hall–Kier alpha value is -2.46. The molecule has 22 heavy (non-hydrogen) atoms. The number of hydrogen-bond acceptors (Lipinski definition) is 4. The molecule has 0 N–H and O–H groups in total. The Morgan fingerprint density at radius 3 is 1.95 bits per heavy atom. The van der Waals surface area contributed by atoms with Gasteiger partial charge in [-0.3, -0.25) is 0 Å². The maximum atomic E-state index is 5.61. The molecule has 1 aliphatic rings. The van der Waals surface area contributed by atoms with E-state index in [4.69, 9.17) is 14.3 Å². The van der Waals surface area contributed by atoms with Gasteiger partial charge in [0.15, 0.2) is 0 Å². The van der Waals surface area contributed by atoms with Crippen molar-refractivity contribution in [3.05, 3.63) is 65.9 Å². The van der Waals surface area contributed by atoms with Crippen LogP contribution in [0.4, 0.5) is 0 Å². The molecule has 1 aliphatic heterocycles. The minimum Gasteiger partial charge on any atom is -0.497 e. The smallest absolute Gasteiger partial charge is 0.118 e. The van der Waals surface area contributed by atoms with Crippen LogP contribution in [0.1, 0.15) is 17.2 Å². The number of ether oxygens (including phenoxy) is 2. The van der Waals surface area contributed by atoms with E-state index in [1.807, 2.05) is 48.5 Å². The monoisotopic (exact) mass is 297 g/mol. The van der Waals surface area contributed by atoms with Crippen molar-refractivity contribution in [2.45, 2.75) is 6.04 Å². The molecule has 3 rings (SSSR count). The summed E-state index contributed by atoms with van der Waals surface area (Å²) < 4.78 is 10.4. The second-order valence-electron chi connectivity index (χ2n) is 5.13. The first-order valence-corrected chi connectivity index (χ1v) is 7.11. The maximum absolute atomic E-state index is 5.61. The van der Waals surface area contributed by atoms with Gasteiger partial charge in [-0.25, -0.2) is 0 Å². The van der Waals surface area contributed by atoms with E-state index in [1.54, 1.807) is 20.5 Å². The van der Waals surface area contributed by atoms with Gasteiger partial charge in [-0.1, -0.05) is 24.3 Å². The summed E-state index contributed by atoms with van der Waals surface area (Å²) in [5.74, 6) is 1.69. The summed E-state index contributed by atoms with van der Waals surface area (Å²) in [6, 6.07) is 16.1. The van der Waals surface area contributed by atoms with E-state index in [0.717, 1.165) is 28.2 Å². The first-order chi connectivity index (χ1) is 10.7. The number of likely N-dealkylation sites (N-methyl/N-ethyl adjacent to an activating group) is 1. The molecular weight excluding hydrogens is 278 g/mol. The molecule has 2 aromatic carbocycles. The summed E-state index contributed by atoms with van der Waals surface area (Å²) in [6.45, 7) is 0. The van der Waals surface area contributed by atoms with Crippen molar-refractivity contribution in [2.75, 3.05) is 21.3 Å². The zero-order chi connectivity index (χ0) is 15.5. The molecule has 2 aromatic rings. The average molecular weight is 297 g/mol.